The van der Waals surface area contributed by atoms with Crippen molar-refractivity contribution in [2.24, 2.45) is 10.9 Å². The summed E-state index contributed by atoms with van der Waals surface area (Å²) in [5, 5.41) is 14.1. The van der Waals surface area contributed by atoms with E-state index in [1.807, 2.05) is 36.4 Å². The number of hydrogen-bond donors (Lipinski definition) is 3. The number of rotatable bonds is 3. The van der Waals surface area contributed by atoms with E-state index in [4.69, 9.17) is 10.9 Å². The average molecular weight is 362 g/mol. The van der Waals surface area contributed by atoms with Crippen LogP contribution in [0.15, 0.2) is 68.1 Å². The number of H-pyrrole nitrogens is 1. The molecule has 1 heterocycles. The topological polar surface area (TPSA) is 74.4 Å². The number of nitrogens with zero attached hydrogens (tertiary/aromatic N) is 1. The Morgan fingerprint density at radius 1 is 1.19 bits per heavy atom. The lowest BCUT2D eigenvalue weighted by Crippen LogP contribution is -2.14. The highest BCUT2D eigenvalue weighted by molar-refractivity contribution is 9.10. The summed E-state index contributed by atoms with van der Waals surface area (Å²) >= 11 is 4.99. The summed E-state index contributed by atoms with van der Waals surface area (Å²) in [6.45, 7) is 0. The van der Waals surface area contributed by atoms with Gasteiger partial charge in [0, 0.05) is 25.8 Å². The maximum absolute atomic E-state index is 8.90. The summed E-state index contributed by atoms with van der Waals surface area (Å²) in [6, 6.07) is 15.8. The van der Waals surface area contributed by atoms with E-state index in [0.717, 1.165) is 25.3 Å². The second-order valence-corrected chi connectivity index (χ2v) is 6.45. The van der Waals surface area contributed by atoms with Crippen molar-refractivity contribution in [3.05, 3.63) is 58.6 Å². The Labute approximate surface area is 134 Å². The monoisotopic (exact) mass is 361 g/mol. The standard InChI is InChI=1S/C15H12BrN3OS/c16-10-5-6-11(15(17)19-20)13(8-10)21-14-7-9-3-1-2-4-12(9)18-14/h1-8,18,20H,(H2,17,19). The maximum Gasteiger partial charge on any atom is 0.171 e. The van der Waals surface area contributed by atoms with Crippen LogP contribution in [0.4, 0.5) is 0 Å². The zero-order valence-electron chi connectivity index (χ0n) is 10.9. The number of benzene rings is 2. The first-order valence-electron chi connectivity index (χ1n) is 6.20. The van der Waals surface area contributed by atoms with Crippen LogP contribution in [-0.2, 0) is 0 Å². The first kappa shape index (κ1) is 14.0. The van der Waals surface area contributed by atoms with Gasteiger partial charge in [0.15, 0.2) is 5.84 Å². The van der Waals surface area contributed by atoms with Gasteiger partial charge in [-0.15, -0.1) is 0 Å². The minimum Gasteiger partial charge on any atom is -0.409 e. The van der Waals surface area contributed by atoms with Crippen LogP contribution in [0.5, 0.6) is 0 Å². The molecule has 1 aromatic heterocycles. The number of halogens is 1. The van der Waals surface area contributed by atoms with E-state index < -0.39 is 0 Å². The lowest BCUT2D eigenvalue weighted by molar-refractivity contribution is 0.318. The third-order valence-corrected chi connectivity index (χ3v) is 4.54. The van der Waals surface area contributed by atoms with E-state index in [1.54, 1.807) is 11.8 Å². The molecule has 0 aliphatic carbocycles. The summed E-state index contributed by atoms with van der Waals surface area (Å²) in [5.41, 5.74) is 7.52. The molecule has 0 unspecified atom stereocenters. The number of fused-ring (bicyclic) bond motifs is 1. The van der Waals surface area contributed by atoms with Gasteiger partial charge >= 0.3 is 0 Å². The van der Waals surface area contributed by atoms with Crippen LogP contribution in [0.2, 0.25) is 0 Å². The molecule has 2 aromatic carbocycles. The number of nitrogens with one attached hydrogen (secondary N) is 1. The van der Waals surface area contributed by atoms with Gasteiger partial charge in [-0.05, 0) is 30.3 Å². The van der Waals surface area contributed by atoms with Crippen molar-refractivity contribution >= 4 is 44.4 Å². The quantitative estimate of drug-likeness (QED) is 0.283. The molecule has 0 aliphatic rings. The van der Waals surface area contributed by atoms with Crippen molar-refractivity contribution in [1.82, 2.24) is 4.98 Å². The predicted molar refractivity (Wildman–Crippen MR) is 89.1 cm³/mol. The Bertz CT molecular complexity index is 796. The first-order chi connectivity index (χ1) is 10.2. The van der Waals surface area contributed by atoms with Crippen LogP contribution in [0.1, 0.15) is 5.56 Å². The van der Waals surface area contributed by atoms with Crippen molar-refractivity contribution < 1.29 is 5.21 Å². The molecule has 106 valence electrons. The van der Waals surface area contributed by atoms with Gasteiger partial charge in [0.1, 0.15) is 0 Å². The number of oxime groups is 1. The number of para-hydroxylation sites is 1. The molecular weight excluding hydrogens is 350 g/mol. The number of aromatic amines is 1. The van der Waals surface area contributed by atoms with Gasteiger partial charge in [0.2, 0.25) is 0 Å². The zero-order valence-corrected chi connectivity index (χ0v) is 13.3. The SMILES string of the molecule is N/C(=N/O)c1ccc(Br)cc1Sc1cc2ccccc2[nH]1. The Hall–Kier alpha value is -1.92. The molecular formula is C15H12BrN3OS. The highest BCUT2D eigenvalue weighted by Crippen LogP contribution is 2.33. The maximum atomic E-state index is 8.90. The lowest BCUT2D eigenvalue weighted by Gasteiger charge is -2.07. The van der Waals surface area contributed by atoms with Crippen LogP contribution in [0.25, 0.3) is 10.9 Å². The lowest BCUT2D eigenvalue weighted by atomic mass is 10.2. The van der Waals surface area contributed by atoms with E-state index in [0.29, 0.717) is 5.56 Å². The van der Waals surface area contributed by atoms with Crippen LogP contribution in [0, 0.1) is 0 Å². The van der Waals surface area contributed by atoms with Gasteiger partial charge in [-0.2, -0.15) is 0 Å². The fraction of sp³-hybridized carbons (Fsp3) is 0. The molecule has 3 rings (SSSR count). The molecule has 0 atom stereocenters. The second-order valence-electron chi connectivity index (χ2n) is 4.45. The normalized spacial score (nSPS) is 12.0. The van der Waals surface area contributed by atoms with Gasteiger partial charge in [0.25, 0.3) is 0 Å². The molecule has 3 aromatic rings. The van der Waals surface area contributed by atoms with E-state index in [2.05, 4.69) is 38.2 Å². The fourth-order valence-electron chi connectivity index (χ4n) is 2.07. The highest BCUT2D eigenvalue weighted by Gasteiger charge is 2.11. The number of nitrogens with two attached hydrogens (primary N) is 1. The Morgan fingerprint density at radius 2 is 2.00 bits per heavy atom. The van der Waals surface area contributed by atoms with Gasteiger partial charge in [0.05, 0.1) is 5.03 Å². The van der Waals surface area contributed by atoms with Crippen LogP contribution in [0.3, 0.4) is 0 Å². The van der Waals surface area contributed by atoms with Crippen LogP contribution in [-0.4, -0.2) is 16.0 Å². The second kappa shape index (κ2) is 5.83. The summed E-state index contributed by atoms with van der Waals surface area (Å²) in [5.74, 6) is 0.0983. The smallest absolute Gasteiger partial charge is 0.171 e. The zero-order chi connectivity index (χ0) is 14.8. The molecule has 0 spiro atoms. The van der Waals surface area contributed by atoms with Gasteiger partial charge < -0.3 is 15.9 Å². The minimum absolute atomic E-state index is 0.0983. The van der Waals surface area contributed by atoms with Crippen molar-refractivity contribution in [3.63, 3.8) is 0 Å². The van der Waals surface area contributed by atoms with E-state index in [1.165, 1.54) is 0 Å². The minimum atomic E-state index is 0.0983. The summed E-state index contributed by atoms with van der Waals surface area (Å²) in [6.07, 6.45) is 0. The van der Waals surface area contributed by atoms with Crippen molar-refractivity contribution in [2.45, 2.75) is 9.92 Å². The average Bonchev–Trinajstić information content (AvgIpc) is 2.89. The number of aromatic nitrogens is 1. The molecule has 4 N–H and O–H groups in total. The molecule has 21 heavy (non-hydrogen) atoms. The molecule has 0 fully saturated rings. The third-order valence-electron chi connectivity index (χ3n) is 3.05. The van der Waals surface area contributed by atoms with Crippen LogP contribution >= 0.6 is 27.7 Å². The largest absolute Gasteiger partial charge is 0.409 e. The summed E-state index contributed by atoms with van der Waals surface area (Å²) < 4.78 is 0.940. The first-order valence-corrected chi connectivity index (χ1v) is 7.81. The molecule has 0 saturated heterocycles. The predicted octanol–water partition coefficient (Wildman–Crippen LogP) is 4.18. The van der Waals surface area contributed by atoms with Gasteiger partial charge in [-0.3, -0.25) is 0 Å². The molecule has 4 nitrogen and oxygen atoms in total. The molecule has 0 amide bonds. The van der Waals surface area contributed by atoms with E-state index in [-0.39, 0.29) is 5.84 Å². The Balaban J connectivity index is 2.02. The third kappa shape index (κ3) is 2.91. The van der Waals surface area contributed by atoms with Crippen LogP contribution < -0.4 is 5.73 Å². The molecule has 0 aliphatic heterocycles. The Kier molecular flexibility index (Phi) is 3.90. The van der Waals surface area contributed by atoms with Gasteiger partial charge in [-0.1, -0.05) is 51.0 Å². The molecule has 6 heteroatoms. The number of hydrogen-bond acceptors (Lipinski definition) is 3. The van der Waals surface area contributed by atoms with Crippen molar-refractivity contribution in [3.8, 4) is 0 Å². The van der Waals surface area contributed by atoms with E-state index >= 15 is 0 Å². The Morgan fingerprint density at radius 3 is 2.76 bits per heavy atom. The summed E-state index contributed by atoms with van der Waals surface area (Å²) in [4.78, 5) is 4.26. The molecule has 0 saturated carbocycles. The highest BCUT2D eigenvalue weighted by atomic mass is 79.9. The van der Waals surface area contributed by atoms with E-state index in [9.17, 15) is 0 Å². The van der Waals surface area contributed by atoms with Gasteiger partial charge in [-0.25, -0.2) is 0 Å². The number of amidine groups is 1. The van der Waals surface area contributed by atoms with Crippen molar-refractivity contribution in [2.75, 3.05) is 0 Å². The molecule has 0 bridgehead atoms. The molecule has 0 radical (unpaired) electrons. The summed E-state index contributed by atoms with van der Waals surface area (Å²) in [7, 11) is 0. The van der Waals surface area contributed by atoms with Crippen molar-refractivity contribution in [1.29, 1.82) is 0 Å². The fourth-order valence-corrected chi connectivity index (χ4v) is 3.63.